The third kappa shape index (κ3) is 6.25. The van der Waals surface area contributed by atoms with Gasteiger partial charge < -0.3 is 10.6 Å². The van der Waals surface area contributed by atoms with Crippen molar-refractivity contribution in [3.05, 3.63) is 133 Å². The molecule has 5 rings (SSSR count). The van der Waals surface area contributed by atoms with Crippen molar-refractivity contribution in [2.75, 3.05) is 31.1 Å². The molecule has 1 aromatic heterocycles. The fourth-order valence-electron chi connectivity index (χ4n) is 5.43. The van der Waals surface area contributed by atoms with E-state index >= 15 is 0 Å². The van der Waals surface area contributed by atoms with Gasteiger partial charge in [0.2, 0.25) is 0 Å². The molecule has 2 N–H and O–H groups in total. The van der Waals surface area contributed by atoms with Crippen LogP contribution < -0.4 is 21.9 Å². The summed E-state index contributed by atoms with van der Waals surface area (Å²) in [4.78, 5) is 31.2. The molecule has 0 saturated carbocycles. The number of benzene rings is 3. The third-order valence-corrected chi connectivity index (χ3v) is 7.78. The SMILES string of the molecule is Cc1c(N2CCN(Cc3cc(F)c(F)c(F)c3)CC2)c(=O)n(C[C@@H](N)c2ccccc2)c(=O)n1Cc1c(F)cccc1F. The molecule has 1 aliphatic rings. The lowest BCUT2D eigenvalue weighted by molar-refractivity contribution is 0.248. The Hall–Kier alpha value is -4.29. The number of nitrogens with two attached hydrogens (primary N) is 1. The molecule has 2 heterocycles. The zero-order valence-corrected chi connectivity index (χ0v) is 23.4. The Morgan fingerprint density at radius 1 is 0.767 bits per heavy atom. The highest BCUT2D eigenvalue weighted by atomic mass is 19.2. The van der Waals surface area contributed by atoms with Crippen molar-refractivity contribution < 1.29 is 22.0 Å². The maximum absolute atomic E-state index is 14.6. The predicted molar refractivity (Wildman–Crippen MR) is 152 cm³/mol. The lowest BCUT2D eigenvalue weighted by Gasteiger charge is -2.37. The Balaban J connectivity index is 1.48. The van der Waals surface area contributed by atoms with Crippen LogP contribution in [0.1, 0.15) is 28.4 Å². The Labute approximate surface area is 244 Å². The van der Waals surface area contributed by atoms with Crippen molar-refractivity contribution >= 4 is 5.69 Å². The van der Waals surface area contributed by atoms with E-state index in [0.717, 1.165) is 28.8 Å². The molecule has 0 bridgehead atoms. The average Bonchev–Trinajstić information content (AvgIpc) is 2.98. The first-order chi connectivity index (χ1) is 20.5. The molecule has 1 aliphatic heterocycles. The highest BCUT2D eigenvalue weighted by Crippen LogP contribution is 2.22. The van der Waals surface area contributed by atoms with Gasteiger partial charge in [-0.15, -0.1) is 0 Å². The molecule has 0 aliphatic carbocycles. The molecule has 0 radical (unpaired) electrons. The second-order valence-corrected chi connectivity index (χ2v) is 10.6. The molecule has 1 saturated heterocycles. The second kappa shape index (κ2) is 12.5. The van der Waals surface area contributed by atoms with Gasteiger partial charge in [0.15, 0.2) is 17.5 Å². The van der Waals surface area contributed by atoms with E-state index in [4.69, 9.17) is 5.73 Å². The maximum Gasteiger partial charge on any atom is 0.331 e. The van der Waals surface area contributed by atoms with E-state index in [1.54, 1.807) is 36.1 Å². The average molecular weight is 600 g/mol. The summed E-state index contributed by atoms with van der Waals surface area (Å²) in [5.41, 5.74) is 6.11. The van der Waals surface area contributed by atoms with Crippen LogP contribution in [0, 0.1) is 36.0 Å². The van der Waals surface area contributed by atoms with Crippen LogP contribution in [0.4, 0.5) is 27.6 Å². The van der Waals surface area contributed by atoms with Crippen molar-refractivity contribution in [3.63, 3.8) is 0 Å². The Bertz CT molecular complexity index is 1710. The van der Waals surface area contributed by atoms with Crippen LogP contribution in [0.25, 0.3) is 0 Å². The minimum absolute atomic E-state index is 0.156. The van der Waals surface area contributed by atoms with Gasteiger partial charge in [0.1, 0.15) is 17.3 Å². The van der Waals surface area contributed by atoms with Gasteiger partial charge in [-0.05, 0) is 42.3 Å². The monoisotopic (exact) mass is 599 g/mol. The fraction of sp³-hybridized carbons (Fsp3) is 0.290. The van der Waals surface area contributed by atoms with Crippen molar-refractivity contribution in [1.29, 1.82) is 0 Å². The van der Waals surface area contributed by atoms with Gasteiger partial charge in [-0.25, -0.2) is 26.7 Å². The molecule has 1 atom stereocenters. The van der Waals surface area contributed by atoms with Crippen LogP contribution in [0.5, 0.6) is 0 Å². The summed E-state index contributed by atoms with van der Waals surface area (Å²) < 4.78 is 72.2. The molecule has 3 aromatic carbocycles. The minimum atomic E-state index is -1.53. The van der Waals surface area contributed by atoms with E-state index in [0.29, 0.717) is 31.7 Å². The molecule has 4 aromatic rings. The molecule has 1 fully saturated rings. The van der Waals surface area contributed by atoms with Crippen LogP contribution in [0.2, 0.25) is 0 Å². The highest BCUT2D eigenvalue weighted by Gasteiger charge is 2.27. The van der Waals surface area contributed by atoms with E-state index < -0.39 is 52.9 Å². The van der Waals surface area contributed by atoms with Crippen LogP contribution in [0.15, 0.2) is 70.3 Å². The molecule has 0 amide bonds. The Morgan fingerprint density at radius 3 is 1.98 bits per heavy atom. The standard InChI is InChI=1S/C31H30F5N5O2/c1-19-29(39-12-10-38(11-13-39)16-20-14-25(34)28(36)26(35)15-20)30(42)41(18-27(37)21-6-3-2-4-7-21)31(43)40(19)17-22-23(32)8-5-9-24(22)33/h2-9,14-15,27H,10-13,16-18,37H2,1H3/t27-/m1/s1. The lowest BCUT2D eigenvalue weighted by atomic mass is 10.1. The van der Waals surface area contributed by atoms with E-state index in [1.165, 1.54) is 10.6 Å². The molecule has 0 unspecified atom stereocenters. The number of nitrogens with zero attached hydrogens (tertiary/aromatic N) is 4. The summed E-state index contributed by atoms with van der Waals surface area (Å²) in [6.45, 7) is 2.46. The van der Waals surface area contributed by atoms with E-state index in [-0.39, 0.29) is 35.6 Å². The number of aromatic nitrogens is 2. The van der Waals surface area contributed by atoms with Crippen molar-refractivity contribution in [1.82, 2.24) is 14.0 Å². The largest absolute Gasteiger partial charge is 0.363 e. The number of hydrogen-bond donors (Lipinski definition) is 1. The maximum atomic E-state index is 14.6. The van der Waals surface area contributed by atoms with Crippen molar-refractivity contribution in [2.45, 2.75) is 32.6 Å². The summed E-state index contributed by atoms with van der Waals surface area (Å²) in [6, 6.07) is 13.5. The normalized spacial score (nSPS) is 14.7. The molecular formula is C31H30F5N5O2. The van der Waals surface area contributed by atoms with E-state index in [1.807, 2.05) is 11.0 Å². The van der Waals surface area contributed by atoms with Gasteiger partial charge >= 0.3 is 5.69 Å². The van der Waals surface area contributed by atoms with E-state index in [2.05, 4.69) is 0 Å². The summed E-state index contributed by atoms with van der Waals surface area (Å²) in [5.74, 6) is -5.72. The van der Waals surface area contributed by atoms with Crippen LogP contribution in [-0.2, 0) is 19.6 Å². The number of anilines is 1. The molecule has 0 spiro atoms. The van der Waals surface area contributed by atoms with Gasteiger partial charge in [0.25, 0.3) is 5.56 Å². The smallest absolute Gasteiger partial charge is 0.331 e. The topological polar surface area (TPSA) is 76.5 Å². The Kier molecular flexibility index (Phi) is 8.79. The van der Waals surface area contributed by atoms with Gasteiger partial charge in [0.05, 0.1) is 13.1 Å². The van der Waals surface area contributed by atoms with Gasteiger partial charge in [-0.1, -0.05) is 36.4 Å². The summed E-state index contributed by atoms with van der Waals surface area (Å²) in [5, 5.41) is 0. The van der Waals surface area contributed by atoms with Crippen molar-refractivity contribution in [3.8, 4) is 0 Å². The quantitative estimate of drug-likeness (QED) is 0.244. The van der Waals surface area contributed by atoms with Crippen molar-refractivity contribution in [2.24, 2.45) is 5.73 Å². The number of rotatable bonds is 8. The third-order valence-electron chi connectivity index (χ3n) is 7.78. The first-order valence-corrected chi connectivity index (χ1v) is 13.7. The summed E-state index contributed by atoms with van der Waals surface area (Å²) in [7, 11) is 0. The lowest BCUT2D eigenvalue weighted by Crippen LogP contribution is -2.51. The van der Waals surface area contributed by atoms with Gasteiger partial charge in [-0.3, -0.25) is 18.8 Å². The van der Waals surface area contributed by atoms with Crippen LogP contribution >= 0.6 is 0 Å². The zero-order valence-electron chi connectivity index (χ0n) is 23.4. The molecule has 226 valence electrons. The highest BCUT2D eigenvalue weighted by molar-refractivity contribution is 5.50. The van der Waals surface area contributed by atoms with Crippen LogP contribution in [-0.4, -0.2) is 40.2 Å². The first-order valence-electron chi connectivity index (χ1n) is 13.7. The molecule has 43 heavy (non-hydrogen) atoms. The summed E-state index contributed by atoms with van der Waals surface area (Å²) >= 11 is 0. The number of piperazine rings is 1. The predicted octanol–water partition coefficient (Wildman–Crippen LogP) is 4.08. The fourth-order valence-corrected chi connectivity index (χ4v) is 5.43. The number of hydrogen-bond acceptors (Lipinski definition) is 5. The number of halogens is 5. The zero-order chi connectivity index (χ0) is 30.8. The Morgan fingerprint density at radius 2 is 1.37 bits per heavy atom. The molecule has 7 nitrogen and oxygen atoms in total. The molecular weight excluding hydrogens is 569 g/mol. The first kappa shape index (κ1) is 30.2. The molecule has 12 heteroatoms. The summed E-state index contributed by atoms with van der Waals surface area (Å²) in [6.07, 6.45) is 0. The van der Waals surface area contributed by atoms with Crippen LogP contribution in [0.3, 0.4) is 0 Å². The second-order valence-electron chi connectivity index (χ2n) is 10.6. The van der Waals surface area contributed by atoms with Gasteiger partial charge in [0, 0.05) is 50.0 Å². The van der Waals surface area contributed by atoms with Gasteiger partial charge in [-0.2, -0.15) is 0 Å². The van der Waals surface area contributed by atoms with E-state index in [9.17, 15) is 31.5 Å². The minimum Gasteiger partial charge on any atom is -0.363 e.